The molecule has 39 heavy (non-hydrogen) atoms. The number of halogens is 1. The van der Waals surface area contributed by atoms with Crippen molar-refractivity contribution in [3.63, 3.8) is 0 Å². The number of carbonyl (C=O) groups is 1. The van der Waals surface area contributed by atoms with E-state index < -0.39 is 15.9 Å². The first kappa shape index (κ1) is 26.0. The van der Waals surface area contributed by atoms with Crippen LogP contribution >= 0.6 is 11.6 Å². The molecule has 0 radical (unpaired) electrons. The van der Waals surface area contributed by atoms with Crippen LogP contribution in [0.2, 0.25) is 5.02 Å². The van der Waals surface area contributed by atoms with Crippen molar-refractivity contribution < 1.29 is 14.6 Å². The lowest BCUT2D eigenvalue weighted by molar-refractivity contribution is -0.385. The smallest absolute Gasteiger partial charge is 0.268 e. The van der Waals surface area contributed by atoms with E-state index in [0.29, 0.717) is 5.02 Å². The molecule has 196 valence electrons. The van der Waals surface area contributed by atoms with Gasteiger partial charge in [0.2, 0.25) is 0 Å². The second kappa shape index (κ2) is 11.0. The van der Waals surface area contributed by atoms with Crippen molar-refractivity contribution in [2.45, 2.75) is 25.3 Å². The van der Waals surface area contributed by atoms with Crippen LogP contribution in [0.5, 0.6) is 0 Å². The lowest BCUT2D eigenvalue weighted by Crippen LogP contribution is -2.31. The molecule has 2 atom stereocenters. The van der Waals surface area contributed by atoms with Crippen LogP contribution in [0, 0.1) is 26.1 Å². The predicted molar refractivity (Wildman–Crippen MR) is 149 cm³/mol. The molecule has 1 fully saturated rings. The molecule has 1 amide bonds. The molecular formula is C29H23ClN4O5. The third kappa shape index (κ3) is 5.63. The molecule has 1 heterocycles. The molecule has 1 aliphatic carbocycles. The van der Waals surface area contributed by atoms with Crippen molar-refractivity contribution in [3.8, 4) is 0 Å². The van der Waals surface area contributed by atoms with Gasteiger partial charge in [0.1, 0.15) is 0 Å². The number of fused-ring (bicyclic) bond motifs is 1. The van der Waals surface area contributed by atoms with Gasteiger partial charge in [-0.05, 0) is 77.9 Å². The molecular weight excluding hydrogens is 520 g/mol. The molecule has 0 saturated heterocycles. The number of nitro groups is 2. The van der Waals surface area contributed by atoms with Crippen LogP contribution in [0.4, 0.5) is 11.4 Å². The Labute approximate surface area is 229 Å². The minimum atomic E-state index is -0.455. The van der Waals surface area contributed by atoms with E-state index in [1.807, 2.05) is 6.08 Å². The monoisotopic (exact) mass is 542 g/mol. The predicted octanol–water partition coefficient (Wildman–Crippen LogP) is 6.99. The SMILES string of the molecule is O=C(/C=C/c1ccc(Cl)cc1)N1N=C2/C(=C\c3ccc([N+](=O)[O-])cc3)CCCC2C1c1ccc([N+](=O)[O-])cc1. The molecule has 3 aromatic carbocycles. The van der Waals surface area contributed by atoms with E-state index in [2.05, 4.69) is 0 Å². The Morgan fingerprint density at radius 2 is 1.49 bits per heavy atom. The molecule has 1 aliphatic heterocycles. The fraction of sp³-hybridized carbons (Fsp3) is 0.172. The molecule has 9 nitrogen and oxygen atoms in total. The standard InChI is InChI=1S/C29H23ClN4O5/c30-23-11-4-19(5-12-23)8-17-27(35)32-29(21-9-15-25(16-10-21)34(38)39)26-3-1-2-22(28(26)31-32)18-20-6-13-24(14-7-20)33(36)37/h4-18,26,29H,1-3H2/b17-8+,22-18-. The van der Waals surface area contributed by atoms with Gasteiger partial charge in [0.25, 0.3) is 17.3 Å². The van der Waals surface area contributed by atoms with Gasteiger partial charge in [-0.2, -0.15) is 5.10 Å². The largest absolute Gasteiger partial charge is 0.269 e. The molecule has 1 saturated carbocycles. The first-order valence-corrected chi connectivity index (χ1v) is 12.7. The topological polar surface area (TPSA) is 119 Å². The first-order valence-electron chi connectivity index (χ1n) is 12.4. The number of rotatable bonds is 6. The van der Waals surface area contributed by atoms with E-state index in [9.17, 15) is 25.0 Å². The normalized spacial score (nSPS) is 19.7. The summed E-state index contributed by atoms with van der Waals surface area (Å²) in [4.78, 5) is 34.8. The number of nitrogens with zero attached hydrogens (tertiary/aromatic N) is 4. The summed E-state index contributed by atoms with van der Waals surface area (Å²) in [6.45, 7) is 0. The number of amides is 1. The zero-order chi connectivity index (χ0) is 27.5. The van der Waals surface area contributed by atoms with E-state index in [0.717, 1.165) is 47.2 Å². The van der Waals surface area contributed by atoms with Crippen molar-refractivity contribution in [2.75, 3.05) is 0 Å². The summed E-state index contributed by atoms with van der Waals surface area (Å²) in [5, 5.41) is 29.1. The second-order valence-electron chi connectivity index (χ2n) is 9.36. The van der Waals surface area contributed by atoms with E-state index in [4.69, 9.17) is 16.7 Å². The van der Waals surface area contributed by atoms with Crippen LogP contribution in [-0.4, -0.2) is 26.5 Å². The number of nitro benzene ring substituents is 2. The maximum absolute atomic E-state index is 13.5. The highest BCUT2D eigenvalue weighted by molar-refractivity contribution is 6.30. The number of hydrogen-bond acceptors (Lipinski definition) is 6. The Kier molecular flexibility index (Phi) is 7.33. The van der Waals surface area contributed by atoms with Gasteiger partial charge >= 0.3 is 0 Å². The zero-order valence-corrected chi connectivity index (χ0v) is 21.4. The summed E-state index contributed by atoms with van der Waals surface area (Å²) in [5.41, 5.74) is 4.11. The van der Waals surface area contributed by atoms with Gasteiger partial charge in [-0.25, -0.2) is 5.01 Å². The van der Waals surface area contributed by atoms with Crippen molar-refractivity contribution >= 4 is 46.7 Å². The third-order valence-corrected chi connectivity index (χ3v) is 7.16. The van der Waals surface area contributed by atoms with Gasteiger partial charge in [-0.15, -0.1) is 0 Å². The van der Waals surface area contributed by atoms with Crippen LogP contribution in [-0.2, 0) is 4.79 Å². The van der Waals surface area contributed by atoms with Crippen molar-refractivity contribution in [1.82, 2.24) is 5.01 Å². The van der Waals surface area contributed by atoms with Crippen LogP contribution in [0.25, 0.3) is 12.2 Å². The molecule has 2 unspecified atom stereocenters. The highest BCUT2D eigenvalue weighted by Gasteiger charge is 2.43. The average molecular weight is 543 g/mol. The van der Waals surface area contributed by atoms with Crippen molar-refractivity contribution in [2.24, 2.45) is 11.0 Å². The van der Waals surface area contributed by atoms with Gasteiger partial charge in [-0.1, -0.05) is 35.9 Å². The lowest BCUT2D eigenvalue weighted by Gasteiger charge is -2.29. The van der Waals surface area contributed by atoms with E-state index in [1.165, 1.54) is 35.4 Å². The molecule has 3 aromatic rings. The Balaban J connectivity index is 1.50. The van der Waals surface area contributed by atoms with Crippen LogP contribution in [0.15, 0.2) is 89.5 Å². The fourth-order valence-electron chi connectivity index (χ4n) is 5.02. The Morgan fingerprint density at radius 1 is 0.897 bits per heavy atom. The van der Waals surface area contributed by atoms with Gasteiger partial charge in [0.15, 0.2) is 0 Å². The summed E-state index contributed by atoms with van der Waals surface area (Å²) >= 11 is 5.96. The van der Waals surface area contributed by atoms with Crippen LogP contribution < -0.4 is 0 Å². The molecule has 0 N–H and O–H groups in total. The molecule has 0 aromatic heterocycles. The summed E-state index contributed by atoms with van der Waals surface area (Å²) in [5.74, 6) is -0.415. The Bertz CT molecular complexity index is 1510. The van der Waals surface area contributed by atoms with Gasteiger partial charge < -0.3 is 0 Å². The third-order valence-electron chi connectivity index (χ3n) is 6.91. The number of benzene rings is 3. The van der Waals surface area contributed by atoms with Gasteiger partial charge in [-0.3, -0.25) is 25.0 Å². The minimum Gasteiger partial charge on any atom is -0.268 e. The maximum atomic E-state index is 13.5. The molecule has 0 bridgehead atoms. The first-order chi connectivity index (χ1) is 18.8. The number of hydrazone groups is 1. The van der Waals surface area contributed by atoms with Gasteiger partial charge in [0, 0.05) is 41.3 Å². The fourth-order valence-corrected chi connectivity index (χ4v) is 5.15. The van der Waals surface area contributed by atoms with E-state index >= 15 is 0 Å². The number of carbonyl (C=O) groups excluding carboxylic acids is 1. The minimum absolute atomic E-state index is 0.0133. The van der Waals surface area contributed by atoms with Crippen molar-refractivity contribution in [3.05, 3.63) is 126 Å². The molecule has 0 spiro atoms. The van der Waals surface area contributed by atoms with Crippen LogP contribution in [0.1, 0.15) is 42.0 Å². The Morgan fingerprint density at radius 3 is 2.10 bits per heavy atom. The number of allylic oxidation sites excluding steroid dienone is 1. The molecule has 2 aliphatic rings. The van der Waals surface area contributed by atoms with Crippen LogP contribution in [0.3, 0.4) is 0 Å². The van der Waals surface area contributed by atoms with E-state index in [1.54, 1.807) is 54.6 Å². The number of non-ortho nitro benzene ring substituents is 2. The second-order valence-corrected chi connectivity index (χ2v) is 9.80. The van der Waals surface area contributed by atoms with Gasteiger partial charge in [0.05, 0.1) is 21.6 Å². The maximum Gasteiger partial charge on any atom is 0.269 e. The summed E-state index contributed by atoms with van der Waals surface area (Å²) in [6, 6.07) is 19.2. The summed E-state index contributed by atoms with van der Waals surface area (Å²) in [6.07, 6.45) is 7.53. The van der Waals surface area contributed by atoms with E-state index in [-0.39, 0.29) is 23.2 Å². The molecule has 5 rings (SSSR count). The average Bonchev–Trinajstić information content (AvgIpc) is 3.34. The quantitative estimate of drug-likeness (QED) is 0.189. The summed E-state index contributed by atoms with van der Waals surface area (Å²) in [7, 11) is 0. The highest BCUT2D eigenvalue weighted by atomic mass is 35.5. The van der Waals surface area contributed by atoms with Crippen molar-refractivity contribution in [1.29, 1.82) is 0 Å². The lowest BCUT2D eigenvalue weighted by atomic mass is 9.77. The number of hydrogen-bond donors (Lipinski definition) is 0. The zero-order valence-electron chi connectivity index (χ0n) is 20.6. The highest BCUT2D eigenvalue weighted by Crippen LogP contribution is 2.44. The summed E-state index contributed by atoms with van der Waals surface area (Å²) < 4.78 is 0. The molecule has 10 heteroatoms. The Hall–Kier alpha value is -4.63.